The van der Waals surface area contributed by atoms with Crippen LogP contribution < -0.4 is 20.1 Å². The lowest BCUT2D eigenvalue weighted by molar-refractivity contribution is 0.261. The van der Waals surface area contributed by atoms with Crippen molar-refractivity contribution in [2.75, 3.05) is 23.8 Å². The summed E-state index contributed by atoms with van der Waals surface area (Å²) < 4.78 is 10.8. The number of nitrogens with zero attached hydrogens (tertiary/aromatic N) is 4. The molecule has 0 spiro atoms. The molecule has 9 nitrogen and oxygen atoms in total. The van der Waals surface area contributed by atoms with Gasteiger partial charge in [0, 0.05) is 6.20 Å². The van der Waals surface area contributed by atoms with E-state index >= 15 is 0 Å². The fourth-order valence-electron chi connectivity index (χ4n) is 1.89. The maximum absolute atomic E-state index is 12.3. The van der Waals surface area contributed by atoms with E-state index < -0.39 is 6.03 Å². The summed E-state index contributed by atoms with van der Waals surface area (Å²) >= 11 is 5.92. The van der Waals surface area contributed by atoms with Crippen LogP contribution in [0.1, 0.15) is 12.1 Å². The Morgan fingerprint density at radius 3 is 2.75 bits per heavy atom. The monoisotopic (exact) mass is 400 g/mol. The molecule has 2 rings (SSSR count). The minimum Gasteiger partial charge on any atom is -0.475 e. The molecule has 144 valence electrons. The van der Waals surface area contributed by atoms with Gasteiger partial charge in [0.1, 0.15) is 18.4 Å². The quantitative estimate of drug-likeness (QED) is 0.487. The van der Waals surface area contributed by atoms with Crippen LogP contribution in [0.4, 0.5) is 16.3 Å². The third-order valence-electron chi connectivity index (χ3n) is 3.05. The zero-order valence-electron chi connectivity index (χ0n) is 14.8. The predicted molar refractivity (Wildman–Crippen MR) is 105 cm³/mol. The number of carbonyl (C=O) groups excluding carboxylic acids is 1. The fourth-order valence-corrected chi connectivity index (χ4v) is 2.05. The van der Waals surface area contributed by atoms with Crippen molar-refractivity contribution in [2.45, 2.75) is 6.42 Å². The molecule has 0 saturated heterocycles. The largest absolute Gasteiger partial charge is 0.475 e. The molecule has 0 radical (unpaired) electrons. The Morgan fingerprint density at radius 1 is 1.21 bits per heavy atom. The van der Waals surface area contributed by atoms with E-state index in [1.165, 1.54) is 18.5 Å². The smallest absolute Gasteiger partial charge is 0.325 e. The van der Waals surface area contributed by atoms with Crippen LogP contribution in [0.15, 0.2) is 43.8 Å². The number of hydrogen-bond donors (Lipinski definition) is 2. The van der Waals surface area contributed by atoms with Crippen LogP contribution in [0.2, 0.25) is 5.02 Å². The van der Waals surface area contributed by atoms with E-state index in [0.717, 1.165) is 0 Å². The van der Waals surface area contributed by atoms with Crippen LogP contribution in [0.5, 0.6) is 11.8 Å². The third kappa shape index (κ3) is 5.96. The van der Waals surface area contributed by atoms with E-state index in [9.17, 15) is 4.79 Å². The molecule has 28 heavy (non-hydrogen) atoms. The minimum atomic E-state index is -0.636. The second kappa shape index (κ2) is 10.5. The predicted octanol–water partition coefficient (Wildman–Crippen LogP) is 3.56. The normalized spacial score (nSPS) is 9.71. The number of nitriles is 1. The molecule has 0 fully saturated rings. The number of halogens is 1. The number of pyridine rings is 1. The van der Waals surface area contributed by atoms with Gasteiger partial charge in [-0.3, -0.25) is 5.32 Å². The summed E-state index contributed by atoms with van der Waals surface area (Å²) in [5.41, 5.74) is 0.269. The molecule has 0 atom stereocenters. The van der Waals surface area contributed by atoms with Crippen molar-refractivity contribution >= 4 is 29.1 Å². The van der Waals surface area contributed by atoms with Crippen molar-refractivity contribution in [3.63, 3.8) is 0 Å². The van der Waals surface area contributed by atoms with E-state index in [1.807, 2.05) is 6.07 Å². The number of aromatic nitrogens is 3. The van der Waals surface area contributed by atoms with Gasteiger partial charge >= 0.3 is 6.03 Å². The van der Waals surface area contributed by atoms with Crippen LogP contribution in [0, 0.1) is 11.3 Å². The average Bonchev–Trinajstić information content (AvgIpc) is 2.68. The fraction of sp³-hybridized carbons (Fsp3) is 0.167. The van der Waals surface area contributed by atoms with Crippen LogP contribution in [0.3, 0.4) is 0 Å². The minimum absolute atomic E-state index is 0.00849. The molecule has 0 unspecified atom stereocenters. The van der Waals surface area contributed by atoms with Crippen molar-refractivity contribution in [1.82, 2.24) is 15.0 Å². The molecule has 0 aliphatic rings. The summed E-state index contributed by atoms with van der Waals surface area (Å²) in [5, 5.41) is 14.5. The highest BCUT2D eigenvalue weighted by molar-refractivity contribution is 6.30. The molecule has 2 N–H and O–H groups in total. The highest BCUT2D eigenvalue weighted by Gasteiger charge is 2.13. The Hall–Kier alpha value is -3.64. The van der Waals surface area contributed by atoms with Crippen LogP contribution >= 0.6 is 11.6 Å². The second-order valence-electron chi connectivity index (χ2n) is 5.13. The summed E-state index contributed by atoms with van der Waals surface area (Å²) in [6.45, 7) is 7.63. The Morgan fingerprint density at radius 2 is 2.04 bits per heavy atom. The molecule has 0 aliphatic heterocycles. The Bertz CT molecular complexity index is 913. The van der Waals surface area contributed by atoms with Gasteiger partial charge in [-0.25, -0.2) is 14.8 Å². The van der Waals surface area contributed by atoms with Crippen molar-refractivity contribution in [1.29, 1.82) is 5.26 Å². The van der Waals surface area contributed by atoms with Crippen LogP contribution in [-0.2, 0) is 0 Å². The van der Waals surface area contributed by atoms with E-state index in [1.54, 1.807) is 12.2 Å². The highest BCUT2D eigenvalue weighted by atomic mass is 35.5. The Kier molecular flexibility index (Phi) is 7.75. The molecular formula is C18H17ClN6O3. The lowest BCUT2D eigenvalue weighted by Crippen LogP contribution is -2.21. The first-order valence-electron chi connectivity index (χ1n) is 8.05. The number of amides is 2. The third-order valence-corrected chi connectivity index (χ3v) is 3.26. The summed E-state index contributed by atoms with van der Waals surface area (Å²) in [7, 11) is 0. The van der Waals surface area contributed by atoms with Gasteiger partial charge < -0.3 is 14.8 Å². The highest BCUT2D eigenvalue weighted by Crippen LogP contribution is 2.25. The number of rotatable bonds is 9. The van der Waals surface area contributed by atoms with Crippen molar-refractivity contribution in [3.8, 4) is 17.8 Å². The molecule has 0 bridgehead atoms. The first-order chi connectivity index (χ1) is 13.6. The molecule has 0 aliphatic carbocycles. The Balaban J connectivity index is 2.12. The summed E-state index contributed by atoms with van der Waals surface area (Å²) in [6.07, 6.45) is 6.41. The number of nitrogens with one attached hydrogen (secondary N) is 2. The molecule has 10 heteroatoms. The van der Waals surface area contributed by atoms with Crippen LogP contribution in [0.25, 0.3) is 0 Å². The zero-order valence-corrected chi connectivity index (χ0v) is 15.6. The van der Waals surface area contributed by atoms with Gasteiger partial charge in [-0.05, 0) is 12.5 Å². The lowest BCUT2D eigenvalue weighted by atomic mass is 10.4. The topological polar surface area (TPSA) is 122 Å². The van der Waals surface area contributed by atoms with Crippen molar-refractivity contribution in [3.05, 3.63) is 54.5 Å². The molecular weight excluding hydrogens is 384 g/mol. The summed E-state index contributed by atoms with van der Waals surface area (Å²) in [4.78, 5) is 24.3. The molecule has 0 aromatic carbocycles. The van der Waals surface area contributed by atoms with E-state index in [-0.39, 0.29) is 42.2 Å². The van der Waals surface area contributed by atoms with Gasteiger partial charge in [0.25, 0.3) is 5.88 Å². The van der Waals surface area contributed by atoms with E-state index in [4.69, 9.17) is 26.3 Å². The Labute approximate surface area is 166 Å². The number of hydrogen-bond acceptors (Lipinski definition) is 7. The van der Waals surface area contributed by atoms with Gasteiger partial charge in [-0.1, -0.05) is 30.3 Å². The van der Waals surface area contributed by atoms with Gasteiger partial charge in [-0.2, -0.15) is 10.2 Å². The number of anilines is 2. The van der Waals surface area contributed by atoms with Crippen molar-refractivity contribution in [2.24, 2.45) is 0 Å². The summed E-state index contributed by atoms with van der Waals surface area (Å²) in [6, 6.07) is 2.73. The lowest BCUT2D eigenvalue weighted by Gasteiger charge is -2.12. The number of ether oxygens (including phenoxy) is 2. The van der Waals surface area contributed by atoms with E-state index in [2.05, 4.69) is 38.7 Å². The number of carbonyl (C=O) groups is 1. The standard InChI is InChI=1S/C18H17ClN6O3/c1-3-5-7-28-17-14(9-20)21-11-15(24-17)25-18(26)23-13-8-12(19)10-22-16(13)27-6-4-2/h3-4,8,10-11H,1-2,5-7H2,(H2,23,24,25,26). The number of urea groups is 1. The van der Waals surface area contributed by atoms with Crippen molar-refractivity contribution < 1.29 is 14.3 Å². The molecule has 0 saturated carbocycles. The second-order valence-corrected chi connectivity index (χ2v) is 5.57. The van der Waals surface area contributed by atoms with Crippen LogP contribution in [-0.4, -0.2) is 34.2 Å². The first kappa shape index (κ1) is 20.7. The maximum Gasteiger partial charge on any atom is 0.325 e. The van der Waals surface area contributed by atoms with Gasteiger partial charge in [-0.15, -0.1) is 6.58 Å². The van der Waals surface area contributed by atoms with E-state index in [0.29, 0.717) is 11.4 Å². The SMILES string of the molecule is C=CCCOc1nc(NC(=O)Nc2cc(Cl)cnc2OCC=C)cnc1C#N. The average molecular weight is 401 g/mol. The molecule has 2 aromatic rings. The summed E-state index contributed by atoms with van der Waals surface area (Å²) in [5.74, 6) is 0.286. The maximum atomic E-state index is 12.3. The van der Waals surface area contributed by atoms with Gasteiger partial charge in [0.05, 0.1) is 17.8 Å². The van der Waals surface area contributed by atoms with Gasteiger partial charge in [0.2, 0.25) is 11.6 Å². The zero-order chi connectivity index (χ0) is 20.4. The van der Waals surface area contributed by atoms with Gasteiger partial charge in [0.15, 0.2) is 5.82 Å². The molecule has 2 aromatic heterocycles. The molecule has 2 amide bonds. The molecule has 2 heterocycles. The first-order valence-corrected chi connectivity index (χ1v) is 8.43.